The molecule has 0 bridgehead atoms. The Morgan fingerprint density at radius 1 is 1.60 bits per heavy atom. The summed E-state index contributed by atoms with van der Waals surface area (Å²) in [7, 11) is 1.49. The number of nitriles is 1. The van der Waals surface area contributed by atoms with Gasteiger partial charge >= 0.3 is 5.97 Å². The Balaban J connectivity index is 3.22. The SMILES string of the molecule is COc1cc(CC(=O)O)cc(C#N)c1C. The van der Waals surface area contributed by atoms with Gasteiger partial charge < -0.3 is 9.84 Å². The first-order valence-corrected chi connectivity index (χ1v) is 4.38. The summed E-state index contributed by atoms with van der Waals surface area (Å²) in [6.45, 7) is 1.77. The lowest BCUT2D eigenvalue weighted by atomic mass is 10.0. The van der Waals surface area contributed by atoms with Crippen LogP contribution in [0.15, 0.2) is 12.1 Å². The number of ether oxygens (including phenoxy) is 1. The Bertz CT molecular complexity index is 432. The molecule has 0 atom stereocenters. The fraction of sp³-hybridized carbons (Fsp3) is 0.273. The van der Waals surface area contributed by atoms with Crippen LogP contribution < -0.4 is 4.74 Å². The summed E-state index contributed by atoms with van der Waals surface area (Å²) in [5, 5.41) is 17.5. The molecule has 0 aliphatic rings. The average molecular weight is 205 g/mol. The van der Waals surface area contributed by atoms with E-state index in [1.165, 1.54) is 7.11 Å². The number of carbonyl (C=O) groups is 1. The molecule has 0 saturated carbocycles. The van der Waals surface area contributed by atoms with Crippen molar-refractivity contribution in [1.82, 2.24) is 0 Å². The molecule has 0 aliphatic heterocycles. The zero-order valence-corrected chi connectivity index (χ0v) is 8.57. The highest BCUT2D eigenvalue weighted by molar-refractivity contribution is 5.71. The van der Waals surface area contributed by atoms with Crippen molar-refractivity contribution in [2.45, 2.75) is 13.3 Å². The van der Waals surface area contributed by atoms with E-state index in [1.807, 2.05) is 6.07 Å². The summed E-state index contributed by atoms with van der Waals surface area (Å²) in [6.07, 6.45) is -0.106. The van der Waals surface area contributed by atoms with Crippen LogP contribution in [0, 0.1) is 18.3 Å². The van der Waals surface area contributed by atoms with Gasteiger partial charge in [-0.1, -0.05) is 0 Å². The van der Waals surface area contributed by atoms with Gasteiger partial charge in [-0.15, -0.1) is 0 Å². The molecule has 0 spiro atoms. The molecule has 4 heteroatoms. The molecule has 1 aromatic carbocycles. The molecule has 0 radical (unpaired) electrons. The molecule has 1 aromatic rings. The van der Waals surface area contributed by atoms with Gasteiger partial charge in [0.15, 0.2) is 0 Å². The number of benzene rings is 1. The molecule has 4 nitrogen and oxygen atoms in total. The number of rotatable bonds is 3. The van der Waals surface area contributed by atoms with Gasteiger partial charge in [0.25, 0.3) is 0 Å². The molecular formula is C11H11NO3. The highest BCUT2D eigenvalue weighted by Crippen LogP contribution is 2.23. The predicted molar refractivity (Wildman–Crippen MR) is 53.8 cm³/mol. The zero-order valence-electron chi connectivity index (χ0n) is 8.57. The zero-order chi connectivity index (χ0) is 11.4. The maximum Gasteiger partial charge on any atom is 0.307 e. The van der Waals surface area contributed by atoms with E-state index < -0.39 is 5.97 Å². The standard InChI is InChI=1S/C11H11NO3/c1-7-9(6-12)3-8(5-11(13)14)4-10(7)15-2/h3-4H,5H2,1-2H3,(H,13,14). The van der Waals surface area contributed by atoms with E-state index in [0.717, 1.165) is 5.56 Å². The summed E-state index contributed by atoms with van der Waals surface area (Å²) < 4.78 is 5.07. The summed E-state index contributed by atoms with van der Waals surface area (Å²) in [4.78, 5) is 10.5. The monoisotopic (exact) mass is 205 g/mol. The maximum absolute atomic E-state index is 10.5. The van der Waals surface area contributed by atoms with Gasteiger partial charge in [-0.3, -0.25) is 4.79 Å². The molecule has 0 aromatic heterocycles. The fourth-order valence-corrected chi connectivity index (χ4v) is 1.35. The van der Waals surface area contributed by atoms with Crippen LogP contribution in [0.25, 0.3) is 0 Å². The first-order chi connectivity index (χ1) is 7.08. The molecule has 0 heterocycles. The Morgan fingerprint density at radius 3 is 2.73 bits per heavy atom. The van der Waals surface area contributed by atoms with Crippen LogP contribution in [0.2, 0.25) is 0 Å². The Morgan fingerprint density at radius 2 is 2.27 bits per heavy atom. The van der Waals surface area contributed by atoms with Crippen LogP contribution >= 0.6 is 0 Å². The number of carboxylic acids is 1. The summed E-state index contributed by atoms with van der Waals surface area (Å²) in [5.74, 6) is -0.380. The van der Waals surface area contributed by atoms with Crippen molar-refractivity contribution in [2.24, 2.45) is 0 Å². The number of hydrogen-bond donors (Lipinski definition) is 1. The Kier molecular flexibility index (Phi) is 3.29. The lowest BCUT2D eigenvalue weighted by molar-refractivity contribution is -0.136. The number of methoxy groups -OCH3 is 1. The van der Waals surface area contributed by atoms with E-state index in [-0.39, 0.29) is 6.42 Å². The van der Waals surface area contributed by atoms with Crippen molar-refractivity contribution in [3.05, 3.63) is 28.8 Å². The van der Waals surface area contributed by atoms with E-state index in [9.17, 15) is 4.79 Å². The fourth-order valence-electron chi connectivity index (χ4n) is 1.35. The molecule has 15 heavy (non-hydrogen) atoms. The van der Waals surface area contributed by atoms with Crippen LogP contribution in [-0.2, 0) is 11.2 Å². The third kappa shape index (κ3) is 2.47. The third-order valence-electron chi connectivity index (χ3n) is 2.12. The van der Waals surface area contributed by atoms with E-state index in [2.05, 4.69) is 0 Å². The molecule has 1 rings (SSSR count). The first kappa shape index (κ1) is 11.1. The molecule has 1 N–H and O–H groups in total. The van der Waals surface area contributed by atoms with Crippen molar-refractivity contribution < 1.29 is 14.6 Å². The quantitative estimate of drug-likeness (QED) is 0.811. The first-order valence-electron chi connectivity index (χ1n) is 4.38. The highest BCUT2D eigenvalue weighted by Gasteiger charge is 2.09. The summed E-state index contributed by atoms with van der Waals surface area (Å²) >= 11 is 0. The summed E-state index contributed by atoms with van der Waals surface area (Å²) in [5.41, 5.74) is 1.75. The minimum atomic E-state index is -0.926. The molecule has 0 fully saturated rings. The minimum Gasteiger partial charge on any atom is -0.496 e. The van der Waals surface area contributed by atoms with Crippen LogP contribution in [0.5, 0.6) is 5.75 Å². The minimum absolute atomic E-state index is 0.106. The molecule has 78 valence electrons. The lowest BCUT2D eigenvalue weighted by Gasteiger charge is -2.08. The van der Waals surface area contributed by atoms with Crippen LogP contribution in [0.4, 0.5) is 0 Å². The largest absolute Gasteiger partial charge is 0.496 e. The van der Waals surface area contributed by atoms with Gasteiger partial charge in [0.05, 0.1) is 25.2 Å². The summed E-state index contributed by atoms with van der Waals surface area (Å²) in [6, 6.07) is 5.23. The predicted octanol–water partition coefficient (Wildman–Crippen LogP) is 1.50. The van der Waals surface area contributed by atoms with Gasteiger partial charge in [0, 0.05) is 5.56 Å². The van der Waals surface area contributed by atoms with Gasteiger partial charge in [-0.2, -0.15) is 5.26 Å². The second-order valence-electron chi connectivity index (χ2n) is 3.15. The lowest BCUT2D eigenvalue weighted by Crippen LogP contribution is -2.02. The molecule has 0 aliphatic carbocycles. The number of aliphatic carboxylic acids is 1. The molecular weight excluding hydrogens is 194 g/mol. The Labute approximate surface area is 87.7 Å². The van der Waals surface area contributed by atoms with E-state index in [0.29, 0.717) is 16.9 Å². The number of nitrogens with zero attached hydrogens (tertiary/aromatic N) is 1. The number of carboxylic acid groups (broad SMARTS) is 1. The van der Waals surface area contributed by atoms with Crippen molar-refractivity contribution in [3.63, 3.8) is 0 Å². The molecule has 0 saturated heterocycles. The highest BCUT2D eigenvalue weighted by atomic mass is 16.5. The maximum atomic E-state index is 10.5. The van der Waals surface area contributed by atoms with Crippen LogP contribution in [0.3, 0.4) is 0 Å². The smallest absolute Gasteiger partial charge is 0.307 e. The molecule has 0 amide bonds. The van der Waals surface area contributed by atoms with Gasteiger partial charge in [-0.25, -0.2) is 0 Å². The van der Waals surface area contributed by atoms with Crippen molar-refractivity contribution >= 4 is 5.97 Å². The van der Waals surface area contributed by atoms with Crippen molar-refractivity contribution in [1.29, 1.82) is 5.26 Å². The third-order valence-corrected chi connectivity index (χ3v) is 2.12. The average Bonchev–Trinajstić information content (AvgIpc) is 2.19. The van der Waals surface area contributed by atoms with Gasteiger partial charge in [0.2, 0.25) is 0 Å². The van der Waals surface area contributed by atoms with Crippen molar-refractivity contribution in [2.75, 3.05) is 7.11 Å². The van der Waals surface area contributed by atoms with Crippen LogP contribution in [0.1, 0.15) is 16.7 Å². The van der Waals surface area contributed by atoms with E-state index in [1.54, 1.807) is 19.1 Å². The van der Waals surface area contributed by atoms with Crippen LogP contribution in [-0.4, -0.2) is 18.2 Å². The second-order valence-corrected chi connectivity index (χ2v) is 3.15. The molecule has 0 unspecified atom stereocenters. The Hall–Kier alpha value is -2.02. The normalized spacial score (nSPS) is 9.40. The number of hydrogen-bond acceptors (Lipinski definition) is 3. The second kappa shape index (κ2) is 4.47. The van der Waals surface area contributed by atoms with Gasteiger partial charge in [-0.05, 0) is 24.6 Å². The topological polar surface area (TPSA) is 70.3 Å². The van der Waals surface area contributed by atoms with E-state index in [4.69, 9.17) is 15.1 Å². The van der Waals surface area contributed by atoms with Gasteiger partial charge in [0.1, 0.15) is 5.75 Å². The van der Waals surface area contributed by atoms with E-state index >= 15 is 0 Å². The van der Waals surface area contributed by atoms with Crippen molar-refractivity contribution in [3.8, 4) is 11.8 Å².